The highest BCUT2D eigenvalue weighted by Gasteiger charge is 2.13. The summed E-state index contributed by atoms with van der Waals surface area (Å²) in [7, 11) is 0. The lowest BCUT2D eigenvalue weighted by Crippen LogP contribution is -2.22. The number of nitrogens with one attached hydrogen (secondary N) is 2. The molecule has 7 heteroatoms. The molecule has 0 bridgehead atoms. The SMILES string of the molecule is CC(=O)NCCCCCC(=O)NCc1cc(C(=O)O)c(C)o1. The number of hydrogen-bond acceptors (Lipinski definition) is 4. The molecule has 3 N–H and O–H groups in total. The van der Waals surface area contributed by atoms with Crippen LogP contribution >= 0.6 is 0 Å². The van der Waals surface area contributed by atoms with Gasteiger partial charge in [-0.05, 0) is 25.8 Å². The number of unbranched alkanes of at least 4 members (excludes halogenated alkanes) is 2. The Morgan fingerprint density at radius 1 is 1.18 bits per heavy atom. The van der Waals surface area contributed by atoms with Gasteiger partial charge in [0.1, 0.15) is 17.1 Å². The van der Waals surface area contributed by atoms with Gasteiger partial charge in [0, 0.05) is 19.9 Å². The Hall–Kier alpha value is -2.31. The number of furan rings is 1. The lowest BCUT2D eigenvalue weighted by atomic mass is 10.2. The fourth-order valence-electron chi connectivity index (χ4n) is 1.97. The molecule has 0 radical (unpaired) electrons. The molecule has 0 saturated carbocycles. The molecule has 1 rings (SSSR count). The van der Waals surface area contributed by atoms with Crippen molar-refractivity contribution in [3.8, 4) is 0 Å². The standard InChI is InChI=1S/C15H22N2O5/c1-10-13(15(20)21)8-12(22-10)9-17-14(19)6-4-3-5-7-16-11(2)18/h8H,3-7,9H2,1-2H3,(H,16,18)(H,17,19)(H,20,21). The van der Waals surface area contributed by atoms with Gasteiger partial charge in [-0.25, -0.2) is 4.79 Å². The second-order valence-corrected chi connectivity index (χ2v) is 5.06. The van der Waals surface area contributed by atoms with Gasteiger partial charge in [-0.15, -0.1) is 0 Å². The van der Waals surface area contributed by atoms with Gasteiger partial charge in [-0.2, -0.15) is 0 Å². The van der Waals surface area contributed by atoms with Crippen LogP contribution in [-0.4, -0.2) is 29.4 Å². The summed E-state index contributed by atoms with van der Waals surface area (Å²) in [6.45, 7) is 3.85. The normalized spacial score (nSPS) is 10.3. The Labute approximate surface area is 129 Å². The predicted octanol–water partition coefficient (Wildman–Crippen LogP) is 1.60. The summed E-state index contributed by atoms with van der Waals surface area (Å²) >= 11 is 0. The number of amides is 2. The summed E-state index contributed by atoms with van der Waals surface area (Å²) in [6.07, 6.45) is 2.83. The summed E-state index contributed by atoms with van der Waals surface area (Å²) in [4.78, 5) is 33.2. The average Bonchev–Trinajstić information content (AvgIpc) is 2.81. The summed E-state index contributed by atoms with van der Waals surface area (Å²) in [5.41, 5.74) is 0.113. The quantitative estimate of drug-likeness (QED) is 0.600. The predicted molar refractivity (Wildman–Crippen MR) is 79.4 cm³/mol. The third-order valence-electron chi connectivity index (χ3n) is 3.11. The van der Waals surface area contributed by atoms with Crippen LogP contribution in [0.3, 0.4) is 0 Å². The molecule has 122 valence electrons. The maximum absolute atomic E-state index is 11.6. The van der Waals surface area contributed by atoms with Gasteiger partial charge in [0.25, 0.3) is 0 Å². The van der Waals surface area contributed by atoms with Gasteiger partial charge in [0.2, 0.25) is 11.8 Å². The first-order chi connectivity index (χ1) is 10.4. The fraction of sp³-hybridized carbons (Fsp3) is 0.533. The summed E-state index contributed by atoms with van der Waals surface area (Å²) < 4.78 is 5.27. The van der Waals surface area contributed by atoms with E-state index in [1.807, 2.05) is 0 Å². The molecule has 1 aromatic heterocycles. The molecule has 0 aliphatic rings. The second kappa shape index (κ2) is 8.86. The molecule has 0 aliphatic carbocycles. The van der Waals surface area contributed by atoms with E-state index < -0.39 is 5.97 Å². The summed E-state index contributed by atoms with van der Waals surface area (Å²) in [6, 6.07) is 1.42. The van der Waals surface area contributed by atoms with Gasteiger partial charge in [0.05, 0.1) is 6.54 Å². The van der Waals surface area contributed by atoms with E-state index in [2.05, 4.69) is 10.6 Å². The number of rotatable bonds is 9. The van der Waals surface area contributed by atoms with E-state index in [0.717, 1.165) is 19.3 Å². The van der Waals surface area contributed by atoms with Crippen LogP contribution in [0.25, 0.3) is 0 Å². The first-order valence-electron chi connectivity index (χ1n) is 7.24. The first kappa shape index (κ1) is 17.7. The summed E-state index contributed by atoms with van der Waals surface area (Å²) in [5, 5.41) is 14.3. The minimum Gasteiger partial charge on any atom is -0.478 e. The lowest BCUT2D eigenvalue weighted by molar-refractivity contribution is -0.121. The Kier molecular flexibility index (Phi) is 7.15. The monoisotopic (exact) mass is 310 g/mol. The van der Waals surface area contributed by atoms with Crippen molar-refractivity contribution in [2.24, 2.45) is 0 Å². The smallest absolute Gasteiger partial charge is 0.339 e. The number of aryl methyl sites for hydroxylation is 1. The topological polar surface area (TPSA) is 109 Å². The van der Waals surface area contributed by atoms with Gasteiger partial charge in [-0.1, -0.05) is 6.42 Å². The van der Waals surface area contributed by atoms with E-state index in [1.165, 1.54) is 13.0 Å². The zero-order valence-electron chi connectivity index (χ0n) is 12.9. The molecule has 0 unspecified atom stereocenters. The molecule has 1 aromatic rings. The van der Waals surface area contributed by atoms with Crippen molar-refractivity contribution in [2.75, 3.05) is 6.54 Å². The van der Waals surface area contributed by atoms with E-state index in [4.69, 9.17) is 9.52 Å². The Bertz CT molecular complexity index is 536. The molecule has 0 aliphatic heterocycles. The van der Waals surface area contributed by atoms with Crippen LogP contribution in [0.15, 0.2) is 10.5 Å². The van der Waals surface area contributed by atoms with Gasteiger partial charge < -0.3 is 20.2 Å². The van der Waals surface area contributed by atoms with Crippen LogP contribution in [0.5, 0.6) is 0 Å². The zero-order valence-corrected chi connectivity index (χ0v) is 12.9. The third-order valence-corrected chi connectivity index (χ3v) is 3.11. The minimum atomic E-state index is -1.04. The van der Waals surface area contributed by atoms with E-state index >= 15 is 0 Å². The number of carboxylic acids is 1. The third kappa shape index (κ3) is 6.43. The molecule has 2 amide bonds. The molecular formula is C15H22N2O5. The largest absolute Gasteiger partial charge is 0.478 e. The van der Waals surface area contributed by atoms with Crippen molar-refractivity contribution < 1.29 is 23.9 Å². The number of hydrogen-bond donors (Lipinski definition) is 3. The van der Waals surface area contributed by atoms with Crippen molar-refractivity contribution in [1.29, 1.82) is 0 Å². The molecule has 22 heavy (non-hydrogen) atoms. The maximum Gasteiger partial charge on any atom is 0.339 e. The van der Waals surface area contributed by atoms with Crippen molar-refractivity contribution in [3.63, 3.8) is 0 Å². The molecule has 0 saturated heterocycles. The van der Waals surface area contributed by atoms with Crippen LogP contribution < -0.4 is 10.6 Å². The van der Waals surface area contributed by atoms with E-state index in [1.54, 1.807) is 6.92 Å². The van der Waals surface area contributed by atoms with E-state index in [-0.39, 0.29) is 23.9 Å². The van der Waals surface area contributed by atoms with Crippen LogP contribution in [0.4, 0.5) is 0 Å². The average molecular weight is 310 g/mol. The Morgan fingerprint density at radius 2 is 1.91 bits per heavy atom. The zero-order chi connectivity index (χ0) is 16.5. The van der Waals surface area contributed by atoms with Crippen molar-refractivity contribution >= 4 is 17.8 Å². The highest BCUT2D eigenvalue weighted by atomic mass is 16.4. The number of carbonyl (C=O) groups excluding carboxylic acids is 2. The molecule has 1 heterocycles. The van der Waals surface area contributed by atoms with Gasteiger partial charge in [0.15, 0.2) is 0 Å². The number of carbonyl (C=O) groups is 3. The van der Waals surface area contributed by atoms with Crippen LogP contribution in [0, 0.1) is 6.92 Å². The van der Waals surface area contributed by atoms with E-state index in [0.29, 0.717) is 24.5 Å². The second-order valence-electron chi connectivity index (χ2n) is 5.06. The van der Waals surface area contributed by atoms with Gasteiger partial charge in [-0.3, -0.25) is 9.59 Å². The summed E-state index contributed by atoms with van der Waals surface area (Å²) in [5.74, 6) is -0.445. The molecule has 0 aromatic carbocycles. The van der Waals surface area contributed by atoms with Crippen LogP contribution in [0.1, 0.15) is 54.5 Å². The molecular weight excluding hydrogens is 288 g/mol. The number of aromatic carboxylic acids is 1. The Balaban J connectivity index is 2.19. The number of carboxylic acid groups (broad SMARTS) is 1. The van der Waals surface area contributed by atoms with Crippen molar-refractivity contribution in [2.45, 2.75) is 46.1 Å². The van der Waals surface area contributed by atoms with Crippen LogP contribution in [0.2, 0.25) is 0 Å². The molecule has 0 atom stereocenters. The Morgan fingerprint density at radius 3 is 2.50 bits per heavy atom. The van der Waals surface area contributed by atoms with Crippen molar-refractivity contribution in [3.05, 3.63) is 23.2 Å². The highest BCUT2D eigenvalue weighted by molar-refractivity contribution is 5.88. The molecule has 7 nitrogen and oxygen atoms in total. The van der Waals surface area contributed by atoms with E-state index in [9.17, 15) is 14.4 Å². The highest BCUT2D eigenvalue weighted by Crippen LogP contribution is 2.14. The first-order valence-corrected chi connectivity index (χ1v) is 7.24. The van der Waals surface area contributed by atoms with Crippen molar-refractivity contribution in [1.82, 2.24) is 10.6 Å². The van der Waals surface area contributed by atoms with Gasteiger partial charge >= 0.3 is 5.97 Å². The lowest BCUT2D eigenvalue weighted by Gasteiger charge is -2.04. The maximum atomic E-state index is 11.6. The minimum absolute atomic E-state index is 0.0489. The molecule has 0 spiro atoms. The fourth-order valence-corrected chi connectivity index (χ4v) is 1.97. The molecule has 0 fully saturated rings. The van der Waals surface area contributed by atoms with Crippen LogP contribution in [-0.2, 0) is 16.1 Å².